The van der Waals surface area contributed by atoms with Gasteiger partial charge in [-0.2, -0.15) is 0 Å². The third-order valence-corrected chi connectivity index (χ3v) is 3.13. The number of hydrogen-bond donors (Lipinski definition) is 3. The average Bonchev–Trinajstić information content (AvgIpc) is 2.85. The van der Waals surface area contributed by atoms with Crippen molar-refractivity contribution >= 4 is 11.9 Å². The van der Waals surface area contributed by atoms with E-state index in [1.807, 2.05) is 19.1 Å². The molecule has 1 aromatic rings. The second kappa shape index (κ2) is 7.26. The van der Waals surface area contributed by atoms with Crippen molar-refractivity contribution in [3.8, 4) is 0 Å². The van der Waals surface area contributed by atoms with Gasteiger partial charge in [0, 0.05) is 13.5 Å². The zero-order valence-corrected chi connectivity index (χ0v) is 13.4. The smallest absolute Gasteiger partial charge is 0.321 e. The molecule has 6 heteroatoms. The largest absolute Gasteiger partial charge is 0.464 e. The third kappa shape index (κ3) is 5.23. The second-order valence-corrected chi connectivity index (χ2v) is 5.96. The van der Waals surface area contributed by atoms with Crippen LogP contribution in [0.4, 0.5) is 4.79 Å². The first-order valence-electron chi connectivity index (χ1n) is 7.11. The normalized spacial score (nSPS) is 12.8. The molecule has 1 aromatic heterocycles. The van der Waals surface area contributed by atoms with Gasteiger partial charge >= 0.3 is 6.03 Å². The van der Waals surface area contributed by atoms with Gasteiger partial charge in [-0.15, -0.1) is 0 Å². The summed E-state index contributed by atoms with van der Waals surface area (Å²) in [5, 5.41) is 7.72. The molecule has 0 saturated heterocycles. The van der Waals surface area contributed by atoms with Crippen molar-refractivity contribution in [1.82, 2.24) is 16.0 Å². The fraction of sp³-hybridized carbons (Fsp3) is 0.600. The number of nitrogens with one attached hydrogen (secondary N) is 3. The Kier molecular flexibility index (Phi) is 5.96. The van der Waals surface area contributed by atoms with E-state index in [1.54, 1.807) is 0 Å². The first kappa shape index (κ1) is 17.2. The van der Waals surface area contributed by atoms with Crippen LogP contribution in [0.3, 0.4) is 0 Å². The van der Waals surface area contributed by atoms with Crippen LogP contribution in [-0.4, -0.2) is 25.5 Å². The number of rotatable bonds is 5. The molecule has 0 saturated carbocycles. The Hall–Kier alpha value is -1.82. The molecule has 0 spiro atoms. The van der Waals surface area contributed by atoms with Crippen LogP contribution in [0.2, 0.25) is 0 Å². The lowest BCUT2D eigenvalue weighted by molar-refractivity contribution is -0.119. The monoisotopic (exact) mass is 295 g/mol. The van der Waals surface area contributed by atoms with Crippen molar-refractivity contribution in [2.45, 2.75) is 40.2 Å². The summed E-state index contributed by atoms with van der Waals surface area (Å²) < 4.78 is 5.78. The highest BCUT2D eigenvalue weighted by Gasteiger charge is 2.29. The van der Waals surface area contributed by atoms with E-state index in [2.05, 4.69) is 36.7 Å². The van der Waals surface area contributed by atoms with E-state index in [0.717, 1.165) is 17.9 Å². The van der Waals surface area contributed by atoms with E-state index in [9.17, 15) is 9.59 Å². The van der Waals surface area contributed by atoms with Crippen LogP contribution in [0, 0.1) is 5.41 Å². The molecular weight excluding hydrogens is 270 g/mol. The SMILES string of the molecule is CCc1ccc([C@H](NCC(=O)NC(=O)NC)C(C)(C)C)o1. The summed E-state index contributed by atoms with van der Waals surface area (Å²) in [6.45, 7) is 8.26. The fourth-order valence-electron chi connectivity index (χ4n) is 2.00. The second-order valence-electron chi connectivity index (χ2n) is 5.96. The molecule has 21 heavy (non-hydrogen) atoms. The van der Waals surface area contributed by atoms with Crippen LogP contribution >= 0.6 is 0 Å². The minimum absolute atomic E-state index is 0.0392. The maximum Gasteiger partial charge on any atom is 0.321 e. The van der Waals surface area contributed by atoms with Gasteiger partial charge in [0.15, 0.2) is 0 Å². The number of imide groups is 1. The van der Waals surface area contributed by atoms with Crippen molar-refractivity contribution in [3.63, 3.8) is 0 Å². The Labute approximate surface area is 125 Å². The van der Waals surface area contributed by atoms with Gasteiger partial charge in [-0.05, 0) is 17.5 Å². The van der Waals surface area contributed by atoms with E-state index in [1.165, 1.54) is 7.05 Å². The molecule has 0 bridgehead atoms. The summed E-state index contributed by atoms with van der Waals surface area (Å²) in [5.74, 6) is 1.33. The average molecular weight is 295 g/mol. The molecular formula is C15H25N3O3. The summed E-state index contributed by atoms with van der Waals surface area (Å²) in [6, 6.07) is 3.24. The zero-order valence-electron chi connectivity index (χ0n) is 13.4. The van der Waals surface area contributed by atoms with E-state index >= 15 is 0 Å². The number of carbonyl (C=O) groups excluding carboxylic acids is 2. The lowest BCUT2D eigenvalue weighted by Gasteiger charge is -2.29. The van der Waals surface area contributed by atoms with Crippen molar-refractivity contribution in [2.75, 3.05) is 13.6 Å². The van der Waals surface area contributed by atoms with E-state index in [0.29, 0.717) is 0 Å². The third-order valence-electron chi connectivity index (χ3n) is 3.13. The standard InChI is InChI=1S/C15H25N3O3/c1-6-10-7-8-11(21-10)13(15(2,3)4)17-9-12(19)18-14(20)16-5/h7-8,13,17H,6,9H2,1-5H3,(H2,16,18,19,20)/t13-/m0/s1. The lowest BCUT2D eigenvalue weighted by Crippen LogP contribution is -2.44. The number of carbonyl (C=O) groups is 2. The van der Waals surface area contributed by atoms with Gasteiger partial charge < -0.3 is 9.73 Å². The van der Waals surface area contributed by atoms with Crippen LogP contribution in [-0.2, 0) is 11.2 Å². The topological polar surface area (TPSA) is 83.4 Å². The first-order valence-corrected chi connectivity index (χ1v) is 7.11. The molecule has 1 rings (SSSR count). The van der Waals surface area contributed by atoms with Gasteiger partial charge in [0.05, 0.1) is 12.6 Å². The van der Waals surface area contributed by atoms with E-state index < -0.39 is 6.03 Å². The number of urea groups is 1. The Morgan fingerprint density at radius 2 is 1.95 bits per heavy atom. The van der Waals surface area contributed by atoms with Gasteiger partial charge in [-0.25, -0.2) is 4.79 Å². The summed E-state index contributed by atoms with van der Waals surface area (Å²) in [7, 11) is 1.46. The Morgan fingerprint density at radius 1 is 1.29 bits per heavy atom. The molecule has 1 atom stereocenters. The van der Waals surface area contributed by atoms with Crippen molar-refractivity contribution in [3.05, 3.63) is 23.7 Å². The minimum Gasteiger partial charge on any atom is -0.464 e. The van der Waals surface area contributed by atoms with Crippen LogP contribution in [0.5, 0.6) is 0 Å². The van der Waals surface area contributed by atoms with Crippen LogP contribution in [0.25, 0.3) is 0 Å². The van der Waals surface area contributed by atoms with Crippen molar-refractivity contribution in [2.24, 2.45) is 5.41 Å². The highest BCUT2D eigenvalue weighted by Crippen LogP contribution is 2.33. The molecule has 0 fully saturated rings. The molecule has 3 N–H and O–H groups in total. The number of hydrogen-bond acceptors (Lipinski definition) is 4. The number of aryl methyl sites for hydroxylation is 1. The zero-order chi connectivity index (χ0) is 16.0. The molecule has 6 nitrogen and oxygen atoms in total. The predicted molar refractivity (Wildman–Crippen MR) is 80.9 cm³/mol. The summed E-state index contributed by atoms with van der Waals surface area (Å²) in [6.07, 6.45) is 0.827. The summed E-state index contributed by atoms with van der Waals surface area (Å²) in [4.78, 5) is 22.8. The Bertz CT molecular complexity index is 489. The van der Waals surface area contributed by atoms with E-state index in [-0.39, 0.29) is 23.9 Å². The van der Waals surface area contributed by atoms with Gasteiger partial charge in [0.1, 0.15) is 11.5 Å². The highest BCUT2D eigenvalue weighted by atomic mass is 16.3. The number of furan rings is 1. The van der Waals surface area contributed by atoms with Crippen molar-refractivity contribution in [1.29, 1.82) is 0 Å². The summed E-state index contributed by atoms with van der Waals surface area (Å²) in [5.41, 5.74) is -0.129. The summed E-state index contributed by atoms with van der Waals surface area (Å²) >= 11 is 0. The number of amides is 3. The fourth-order valence-corrected chi connectivity index (χ4v) is 2.00. The maximum absolute atomic E-state index is 11.7. The van der Waals surface area contributed by atoms with Crippen LogP contribution in [0.15, 0.2) is 16.5 Å². The molecule has 0 aromatic carbocycles. The van der Waals surface area contributed by atoms with Crippen molar-refractivity contribution < 1.29 is 14.0 Å². The molecule has 0 aliphatic heterocycles. The molecule has 0 unspecified atom stereocenters. The molecule has 0 aliphatic carbocycles. The van der Waals surface area contributed by atoms with Crippen LogP contribution in [0.1, 0.15) is 45.3 Å². The van der Waals surface area contributed by atoms with Gasteiger partial charge in [0.25, 0.3) is 0 Å². The van der Waals surface area contributed by atoms with Gasteiger partial charge in [-0.3, -0.25) is 15.4 Å². The van der Waals surface area contributed by atoms with Crippen LogP contribution < -0.4 is 16.0 Å². The van der Waals surface area contributed by atoms with Gasteiger partial charge in [-0.1, -0.05) is 27.7 Å². The maximum atomic E-state index is 11.7. The first-order chi connectivity index (χ1) is 9.77. The Balaban J connectivity index is 2.72. The lowest BCUT2D eigenvalue weighted by atomic mass is 9.85. The molecule has 0 aliphatic rings. The Morgan fingerprint density at radius 3 is 2.43 bits per heavy atom. The predicted octanol–water partition coefficient (Wildman–Crippen LogP) is 1.97. The molecule has 1 heterocycles. The highest BCUT2D eigenvalue weighted by molar-refractivity contribution is 5.95. The molecule has 118 valence electrons. The minimum atomic E-state index is -0.514. The quantitative estimate of drug-likeness (QED) is 0.775. The molecule has 3 amide bonds. The molecule has 0 radical (unpaired) electrons. The van der Waals surface area contributed by atoms with Gasteiger partial charge in [0.2, 0.25) is 5.91 Å². The van der Waals surface area contributed by atoms with E-state index in [4.69, 9.17) is 4.42 Å².